The number of thiol groups is 1. The molecule has 1 aromatic carbocycles. The van der Waals surface area contributed by atoms with E-state index >= 15 is 0 Å². The average Bonchev–Trinajstić information content (AvgIpc) is 2.04. The van der Waals surface area contributed by atoms with Crippen molar-refractivity contribution in [1.29, 1.82) is 0 Å². The van der Waals surface area contributed by atoms with Gasteiger partial charge in [0.05, 0.1) is 0 Å². The Morgan fingerprint density at radius 2 is 2.31 bits per heavy atom. The van der Waals surface area contributed by atoms with Crippen molar-refractivity contribution < 1.29 is 9.18 Å². The van der Waals surface area contributed by atoms with Gasteiger partial charge < -0.3 is 4.90 Å². The van der Waals surface area contributed by atoms with Crippen LogP contribution in [0.3, 0.4) is 0 Å². The van der Waals surface area contributed by atoms with Gasteiger partial charge in [-0.15, -0.1) is 0 Å². The van der Waals surface area contributed by atoms with Crippen molar-refractivity contribution in [2.45, 2.75) is 6.54 Å². The van der Waals surface area contributed by atoms with Crippen LogP contribution in [0.15, 0.2) is 24.3 Å². The minimum atomic E-state index is -0.329. The first-order chi connectivity index (χ1) is 6.09. The summed E-state index contributed by atoms with van der Waals surface area (Å²) < 4.78 is 12.7. The summed E-state index contributed by atoms with van der Waals surface area (Å²) in [7, 11) is 1.61. The normalized spacial score (nSPS) is 9.77. The van der Waals surface area contributed by atoms with Crippen LogP contribution in [0.5, 0.6) is 0 Å². The zero-order chi connectivity index (χ0) is 9.84. The van der Waals surface area contributed by atoms with E-state index in [2.05, 4.69) is 12.6 Å². The molecule has 0 unspecified atom stereocenters. The highest BCUT2D eigenvalue weighted by Gasteiger charge is 2.03. The maximum Gasteiger partial charge on any atom is 0.278 e. The smallest absolute Gasteiger partial charge is 0.278 e. The summed E-state index contributed by atoms with van der Waals surface area (Å²) >= 11 is 3.64. The molecule has 1 amide bonds. The molecule has 0 aliphatic carbocycles. The summed E-state index contributed by atoms with van der Waals surface area (Å²) in [5, 5.41) is -0.329. The second-order valence-electron chi connectivity index (χ2n) is 2.77. The van der Waals surface area contributed by atoms with Crippen molar-refractivity contribution >= 4 is 17.9 Å². The van der Waals surface area contributed by atoms with E-state index in [1.54, 1.807) is 19.2 Å². The predicted octanol–water partition coefficient (Wildman–Crippen LogP) is 2.31. The molecule has 0 spiro atoms. The van der Waals surface area contributed by atoms with Crippen LogP contribution in [-0.4, -0.2) is 17.2 Å². The van der Waals surface area contributed by atoms with E-state index in [0.717, 1.165) is 5.56 Å². The van der Waals surface area contributed by atoms with Crippen molar-refractivity contribution in [1.82, 2.24) is 4.90 Å². The van der Waals surface area contributed by atoms with E-state index in [9.17, 15) is 9.18 Å². The minimum absolute atomic E-state index is 0.294. The summed E-state index contributed by atoms with van der Waals surface area (Å²) in [6.07, 6.45) is 0. The van der Waals surface area contributed by atoms with Crippen LogP contribution in [-0.2, 0) is 6.54 Å². The van der Waals surface area contributed by atoms with E-state index < -0.39 is 0 Å². The number of amides is 1. The van der Waals surface area contributed by atoms with Crippen LogP contribution in [0.25, 0.3) is 0 Å². The molecule has 70 valence electrons. The number of carbonyl (C=O) groups excluding carboxylic acids is 1. The first kappa shape index (κ1) is 10.1. The Balaban J connectivity index is 2.69. The number of hydrogen-bond donors (Lipinski definition) is 1. The summed E-state index contributed by atoms with van der Waals surface area (Å²) in [4.78, 5) is 12.1. The Morgan fingerprint density at radius 3 is 2.85 bits per heavy atom. The van der Waals surface area contributed by atoms with Crippen LogP contribution in [0.1, 0.15) is 5.56 Å². The largest absolute Gasteiger partial charge is 0.333 e. The highest BCUT2D eigenvalue weighted by atomic mass is 32.1. The zero-order valence-electron chi connectivity index (χ0n) is 7.20. The number of carbonyl (C=O) groups is 1. The molecule has 4 heteroatoms. The predicted molar refractivity (Wildman–Crippen MR) is 52.2 cm³/mol. The molecule has 2 nitrogen and oxygen atoms in total. The molecule has 0 bridgehead atoms. The molecule has 0 saturated carbocycles. The Labute approximate surface area is 81.8 Å². The van der Waals surface area contributed by atoms with Gasteiger partial charge in [-0.1, -0.05) is 24.8 Å². The van der Waals surface area contributed by atoms with Crippen LogP contribution >= 0.6 is 12.6 Å². The number of halogens is 1. The van der Waals surface area contributed by atoms with Crippen molar-refractivity contribution in [3.05, 3.63) is 35.6 Å². The average molecular weight is 199 g/mol. The van der Waals surface area contributed by atoms with Gasteiger partial charge in [0.1, 0.15) is 5.82 Å². The van der Waals surface area contributed by atoms with E-state index in [0.29, 0.717) is 6.54 Å². The second kappa shape index (κ2) is 4.28. The molecule has 0 aliphatic rings. The summed E-state index contributed by atoms with van der Waals surface area (Å²) in [5.74, 6) is -0.294. The van der Waals surface area contributed by atoms with Crippen molar-refractivity contribution in [3.63, 3.8) is 0 Å². The molecular weight excluding hydrogens is 189 g/mol. The van der Waals surface area contributed by atoms with Crippen LogP contribution in [0.2, 0.25) is 0 Å². The van der Waals surface area contributed by atoms with Crippen molar-refractivity contribution in [2.24, 2.45) is 0 Å². The maximum absolute atomic E-state index is 12.7. The molecule has 0 fully saturated rings. The summed E-state index contributed by atoms with van der Waals surface area (Å²) in [6.45, 7) is 0.375. The lowest BCUT2D eigenvalue weighted by atomic mass is 10.2. The van der Waals surface area contributed by atoms with Gasteiger partial charge >= 0.3 is 0 Å². The minimum Gasteiger partial charge on any atom is -0.333 e. The third kappa shape index (κ3) is 3.06. The first-order valence-electron chi connectivity index (χ1n) is 3.78. The van der Waals surface area contributed by atoms with Gasteiger partial charge in [0, 0.05) is 13.6 Å². The molecule has 0 aromatic heterocycles. The fraction of sp³-hybridized carbons (Fsp3) is 0.222. The quantitative estimate of drug-likeness (QED) is 0.725. The van der Waals surface area contributed by atoms with Crippen molar-refractivity contribution in [3.8, 4) is 0 Å². The van der Waals surface area contributed by atoms with Gasteiger partial charge in [-0.05, 0) is 17.7 Å². The topological polar surface area (TPSA) is 20.3 Å². The number of nitrogens with zero attached hydrogens (tertiary/aromatic N) is 1. The molecule has 0 heterocycles. The van der Waals surface area contributed by atoms with E-state index in [-0.39, 0.29) is 11.1 Å². The molecular formula is C9H10FNOS. The van der Waals surface area contributed by atoms with Crippen LogP contribution in [0.4, 0.5) is 9.18 Å². The van der Waals surface area contributed by atoms with Gasteiger partial charge in [-0.3, -0.25) is 4.79 Å². The summed E-state index contributed by atoms with van der Waals surface area (Å²) in [5.41, 5.74) is 0.755. The SMILES string of the molecule is CN(Cc1cccc(F)c1)C(=O)S. The van der Waals surface area contributed by atoms with Gasteiger partial charge in [-0.2, -0.15) is 0 Å². The zero-order valence-corrected chi connectivity index (χ0v) is 8.09. The van der Waals surface area contributed by atoms with E-state index in [4.69, 9.17) is 0 Å². The fourth-order valence-electron chi connectivity index (χ4n) is 0.977. The van der Waals surface area contributed by atoms with Crippen molar-refractivity contribution in [2.75, 3.05) is 7.05 Å². The fourth-order valence-corrected chi connectivity index (χ4v) is 1.05. The third-order valence-corrected chi connectivity index (χ3v) is 1.98. The van der Waals surface area contributed by atoms with Gasteiger partial charge in [0.25, 0.3) is 5.24 Å². The molecule has 1 rings (SSSR count). The highest BCUT2D eigenvalue weighted by Crippen LogP contribution is 2.07. The summed E-state index contributed by atoms with van der Waals surface area (Å²) in [6, 6.07) is 6.14. The molecule has 0 N–H and O–H groups in total. The lowest BCUT2D eigenvalue weighted by Gasteiger charge is -2.13. The third-order valence-electron chi connectivity index (χ3n) is 1.64. The Bertz CT molecular complexity index is 316. The maximum atomic E-state index is 12.7. The van der Waals surface area contributed by atoms with Gasteiger partial charge in [0.15, 0.2) is 0 Å². The van der Waals surface area contributed by atoms with Crippen LogP contribution in [0, 0.1) is 5.82 Å². The van der Waals surface area contributed by atoms with E-state index in [1.807, 2.05) is 0 Å². The molecule has 13 heavy (non-hydrogen) atoms. The molecule has 1 aromatic rings. The first-order valence-corrected chi connectivity index (χ1v) is 4.23. The number of benzene rings is 1. The lowest BCUT2D eigenvalue weighted by Crippen LogP contribution is -2.20. The number of rotatable bonds is 2. The second-order valence-corrected chi connectivity index (χ2v) is 3.15. The molecule has 0 radical (unpaired) electrons. The Morgan fingerprint density at radius 1 is 1.62 bits per heavy atom. The standard InChI is InChI=1S/C9H10FNOS/c1-11(9(12)13)6-7-3-2-4-8(10)5-7/h2-5H,6H2,1H3,(H,12,13). The molecule has 0 atom stereocenters. The monoisotopic (exact) mass is 199 g/mol. The Hall–Kier alpha value is -1.03. The van der Waals surface area contributed by atoms with Gasteiger partial charge in [0.2, 0.25) is 0 Å². The lowest BCUT2D eigenvalue weighted by molar-refractivity contribution is 0.232. The highest BCUT2D eigenvalue weighted by molar-refractivity contribution is 7.96. The molecule has 0 saturated heterocycles. The Kier molecular flexibility index (Phi) is 3.31. The van der Waals surface area contributed by atoms with E-state index in [1.165, 1.54) is 17.0 Å². The molecule has 0 aliphatic heterocycles. The van der Waals surface area contributed by atoms with Crippen LogP contribution < -0.4 is 0 Å². The van der Waals surface area contributed by atoms with Gasteiger partial charge in [-0.25, -0.2) is 4.39 Å². The number of hydrogen-bond acceptors (Lipinski definition) is 1.